The van der Waals surface area contributed by atoms with Crippen molar-refractivity contribution in [2.75, 3.05) is 7.11 Å². The molecule has 0 saturated heterocycles. The largest absolute Gasteiger partial charge is 0.488 e. The van der Waals surface area contributed by atoms with E-state index < -0.39 is 0 Å². The molecule has 100 valence electrons. The first-order valence-corrected chi connectivity index (χ1v) is 6.68. The maximum atomic E-state index is 6.15. The zero-order valence-corrected chi connectivity index (χ0v) is 11.9. The van der Waals surface area contributed by atoms with Crippen LogP contribution in [0, 0.1) is 6.92 Å². The van der Waals surface area contributed by atoms with E-state index >= 15 is 0 Å². The van der Waals surface area contributed by atoms with Gasteiger partial charge >= 0.3 is 0 Å². The maximum absolute atomic E-state index is 6.15. The average Bonchev–Trinajstić information content (AvgIpc) is 2.69. The standard InChI is InChI=1S/C15H23NO2/c1-6-12-14(16-17-5)13-10(4)7-8-11(9(2)3)15(13)18-12/h7-9,12,14,16H,6H2,1-5H3. The highest BCUT2D eigenvalue weighted by Crippen LogP contribution is 2.44. The molecule has 0 bridgehead atoms. The average molecular weight is 249 g/mol. The van der Waals surface area contributed by atoms with Crippen LogP contribution < -0.4 is 10.2 Å². The Morgan fingerprint density at radius 3 is 2.67 bits per heavy atom. The molecule has 1 N–H and O–H groups in total. The van der Waals surface area contributed by atoms with Crippen LogP contribution in [0.15, 0.2) is 12.1 Å². The molecule has 0 amide bonds. The van der Waals surface area contributed by atoms with Gasteiger partial charge in [0.2, 0.25) is 0 Å². The minimum absolute atomic E-state index is 0.133. The van der Waals surface area contributed by atoms with Crippen molar-refractivity contribution in [2.24, 2.45) is 0 Å². The van der Waals surface area contributed by atoms with Crippen LogP contribution in [0.3, 0.4) is 0 Å². The van der Waals surface area contributed by atoms with Crippen molar-refractivity contribution in [3.8, 4) is 5.75 Å². The first-order valence-electron chi connectivity index (χ1n) is 6.68. The highest BCUT2D eigenvalue weighted by molar-refractivity contribution is 5.52. The van der Waals surface area contributed by atoms with E-state index in [-0.39, 0.29) is 12.1 Å². The molecule has 1 heterocycles. The van der Waals surface area contributed by atoms with E-state index in [4.69, 9.17) is 9.57 Å². The summed E-state index contributed by atoms with van der Waals surface area (Å²) in [6.45, 7) is 8.68. The van der Waals surface area contributed by atoms with Crippen LogP contribution in [0.1, 0.15) is 55.8 Å². The van der Waals surface area contributed by atoms with Gasteiger partial charge in [-0.25, -0.2) is 0 Å². The predicted molar refractivity (Wildman–Crippen MR) is 72.9 cm³/mol. The number of hydroxylamine groups is 1. The quantitative estimate of drug-likeness (QED) is 0.829. The molecule has 0 radical (unpaired) electrons. The van der Waals surface area contributed by atoms with E-state index in [0.29, 0.717) is 5.92 Å². The van der Waals surface area contributed by atoms with Crippen molar-refractivity contribution in [1.29, 1.82) is 0 Å². The fourth-order valence-electron chi connectivity index (χ4n) is 2.67. The Bertz CT molecular complexity index is 429. The molecule has 0 aliphatic carbocycles. The number of aryl methyl sites for hydroxylation is 1. The molecule has 0 aromatic heterocycles. The molecule has 0 saturated carbocycles. The number of benzene rings is 1. The normalized spacial score (nSPS) is 22.1. The first-order chi connectivity index (χ1) is 8.60. The van der Waals surface area contributed by atoms with Crippen molar-refractivity contribution >= 4 is 0 Å². The molecule has 2 rings (SSSR count). The molecule has 0 fully saturated rings. The van der Waals surface area contributed by atoms with Crippen molar-refractivity contribution in [2.45, 2.75) is 52.2 Å². The molecule has 3 heteroatoms. The molecular formula is C15H23NO2. The van der Waals surface area contributed by atoms with Gasteiger partial charge in [0.1, 0.15) is 11.9 Å². The van der Waals surface area contributed by atoms with Crippen molar-refractivity contribution < 1.29 is 9.57 Å². The van der Waals surface area contributed by atoms with E-state index in [2.05, 4.69) is 45.3 Å². The predicted octanol–water partition coefficient (Wildman–Crippen LogP) is 3.48. The lowest BCUT2D eigenvalue weighted by Gasteiger charge is -2.18. The van der Waals surface area contributed by atoms with Gasteiger partial charge in [0.25, 0.3) is 0 Å². The van der Waals surface area contributed by atoms with E-state index in [1.807, 2.05) is 0 Å². The molecule has 1 aliphatic rings. The Balaban J connectivity index is 2.49. The summed E-state index contributed by atoms with van der Waals surface area (Å²) in [5, 5.41) is 0. The lowest BCUT2D eigenvalue weighted by Crippen LogP contribution is -2.30. The molecule has 1 aromatic rings. The number of fused-ring (bicyclic) bond motifs is 1. The summed E-state index contributed by atoms with van der Waals surface area (Å²) in [6.07, 6.45) is 1.12. The first kappa shape index (κ1) is 13.4. The molecular weight excluding hydrogens is 226 g/mol. The second-order valence-electron chi connectivity index (χ2n) is 5.23. The number of ether oxygens (including phenoxy) is 1. The van der Waals surface area contributed by atoms with Gasteiger partial charge in [-0.15, -0.1) is 0 Å². The van der Waals surface area contributed by atoms with Crippen LogP contribution in [-0.2, 0) is 4.84 Å². The molecule has 2 unspecified atom stereocenters. The molecule has 0 spiro atoms. The van der Waals surface area contributed by atoms with Crippen molar-refractivity contribution in [1.82, 2.24) is 5.48 Å². The summed E-state index contributed by atoms with van der Waals surface area (Å²) in [5.74, 6) is 1.53. The van der Waals surface area contributed by atoms with Crippen LogP contribution in [-0.4, -0.2) is 13.2 Å². The monoisotopic (exact) mass is 249 g/mol. The van der Waals surface area contributed by atoms with Gasteiger partial charge in [-0.05, 0) is 30.4 Å². The zero-order chi connectivity index (χ0) is 13.3. The topological polar surface area (TPSA) is 30.5 Å². The number of nitrogens with one attached hydrogen (secondary N) is 1. The zero-order valence-electron chi connectivity index (χ0n) is 11.9. The highest BCUT2D eigenvalue weighted by atomic mass is 16.6. The minimum atomic E-state index is 0.133. The Hall–Kier alpha value is -1.06. The van der Waals surface area contributed by atoms with Crippen LogP contribution >= 0.6 is 0 Å². The minimum Gasteiger partial charge on any atom is -0.488 e. The van der Waals surface area contributed by atoms with Crippen molar-refractivity contribution in [3.63, 3.8) is 0 Å². The smallest absolute Gasteiger partial charge is 0.128 e. The van der Waals surface area contributed by atoms with E-state index in [0.717, 1.165) is 12.2 Å². The Labute approximate surface area is 109 Å². The van der Waals surface area contributed by atoms with Gasteiger partial charge in [-0.3, -0.25) is 0 Å². The van der Waals surface area contributed by atoms with Gasteiger partial charge < -0.3 is 9.57 Å². The van der Waals surface area contributed by atoms with E-state index in [9.17, 15) is 0 Å². The number of rotatable bonds is 4. The van der Waals surface area contributed by atoms with Crippen LogP contribution in [0.25, 0.3) is 0 Å². The Morgan fingerprint density at radius 2 is 2.11 bits per heavy atom. The Kier molecular flexibility index (Phi) is 3.93. The van der Waals surface area contributed by atoms with Gasteiger partial charge in [-0.1, -0.05) is 32.9 Å². The van der Waals surface area contributed by atoms with Crippen LogP contribution in [0.5, 0.6) is 5.75 Å². The SMILES string of the molecule is CCC1Oc2c(C(C)C)ccc(C)c2C1NOC. The molecule has 2 atom stereocenters. The highest BCUT2D eigenvalue weighted by Gasteiger charge is 2.36. The lowest BCUT2D eigenvalue weighted by molar-refractivity contribution is 0.0281. The van der Waals surface area contributed by atoms with Crippen LogP contribution in [0.2, 0.25) is 0 Å². The molecule has 3 nitrogen and oxygen atoms in total. The summed E-state index contributed by atoms with van der Waals surface area (Å²) in [5.41, 5.74) is 6.89. The summed E-state index contributed by atoms with van der Waals surface area (Å²) in [6, 6.07) is 4.49. The van der Waals surface area contributed by atoms with Gasteiger partial charge in [-0.2, -0.15) is 5.48 Å². The summed E-state index contributed by atoms with van der Waals surface area (Å²) in [7, 11) is 1.66. The summed E-state index contributed by atoms with van der Waals surface area (Å²) in [4.78, 5) is 5.14. The fraction of sp³-hybridized carbons (Fsp3) is 0.600. The third-order valence-corrected chi connectivity index (χ3v) is 3.67. The second kappa shape index (κ2) is 5.29. The number of hydrogen-bond acceptors (Lipinski definition) is 3. The van der Waals surface area contributed by atoms with Gasteiger partial charge in [0, 0.05) is 5.56 Å². The third-order valence-electron chi connectivity index (χ3n) is 3.67. The Morgan fingerprint density at radius 1 is 1.39 bits per heavy atom. The molecule has 18 heavy (non-hydrogen) atoms. The van der Waals surface area contributed by atoms with E-state index in [1.165, 1.54) is 16.7 Å². The molecule has 1 aliphatic heterocycles. The summed E-state index contributed by atoms with van der Waals surface area (Å²) < 4.78 is 6.15. The van der Waals surface area contributed by atoms with Gasteiger partial charge in [0.05, 0.1) is 13.2 Å². The third kappa shape index (κ3) is 2.13. The fourth-order valence-corrected chi connectivity index (χ4v) is 2.67. The lowest BCUT2D eigenvalue weighted by atomic mass is 9.92. The maximum Gasteiger partial charge on any atom is 0.128 e. The second-order valence-corrected chi connectivity index (χ2v) is 5.23. The van der Waals surface area contributed by atoms with Crippen molar-refractivity contribution in [3.05, 3.63) is 28.8 Å². The van der Waals surface area contributed by atoms with Crippen LogP contribution in [0.4, 0.5) is 0 Å². The number of hydrogen-bond donors (Lipinski definition) is 1. The van der Waals surface area contributed by atoms with E-state index in [1.54, 1.807) is 7.11 Å². The summed E-state index contributed by atoms with van der Waals surface area (Å²) >= 11 is 0. The molecule has 1 aromatic carbocycles. The van der Waals surface area contributed by atoms with Gasteiger partial charge in [0.15, 0.2) is 0 Å².